The molecule has 6 heteroatoms. The van der Waals surface area contributed by atoms with Crippen LogP contribution in [0.1, 0.15) is 0 Å². The molecular formula is C18H15ClN2O2S. The van der Waals surface area contributed by atoms with Crippen LogP contribution < -0.4 is 10.0 Å². The van der Waals surface area contributed by atoms with Gasteiger partial charge in [-0.1, -0.05) is 41.9 Å². The zero-order valence-electron chi connectivity index (χ0n) is 12.6. The lowest BCUT2D eigenvalue weighted by molar-refractivity contribution is 0.601. The molecular weight excluding hydrogens is 344 g/mol. The average molecular weight is 359 g/mol. The molecule has 0 fully saturated rings. The molecule has 4 nitrogen and oxygen atoms in total. The maximum Gasteiger partial charge on any atom is 0.263 e. The van der Waals surface area contributed by atoms with Gasteiger partial charge in [0, 0.05) is 17.1 Å². The van der Waals surface area contributed by atoms with Crippen LogP contribution >= 0.6 is 11.6 Å². The summed E-state index contributed by atoms with van der Waals surface area (Å²) in [7, 11) is -3.72. The van der Waals surface area contributed by atoms with Crippen molar-refractivity contribution in [2.24, 2.45) is 0 Å². The Hall–Kier alpha value is -2.50. The third kappa shape index (κ3) is 3.88. The smallest absolute Gasteiger partial charge is 0.263 e. The fourth-order valence-electron chi connectivity index (χ4n) is 2.18. The number of hydrogen-bond donors (Lipinski definition) is 2. The van der Waals surface area contributed by atoms with Gasteiger partial charge in [-0.2, -0.15) is 0 Å². The first-order valence-electron chi connectivity index (χ1n) is 7.24. The topological polar surface area (TPSA) is 58.2 Å². The van der Waals surface area contributed by atoms with E-state index in [-0.39, 0.29) is 9.92 Å². The number of benzene rings is 3. The summed E-state index contributed by atoms with van der Waals surface area (Å²) in [5.41, 5.74) is 2.29. The Labute approximate surface area is 146 Å². The van der Waals surface area contributed by atoms with E-state index in [1.807, 2.05) is 30.3 Å². The highest BCUT2D eigenvalue weighted by Gasteiger charge is 2.17. The molecule has 0 aliphatic rings. The van der Waals surface area contributed by atoms with E-state index in [0.717, 1.165) is 11.4 Å². The molecule has 3 aromatic rings. The zero-order valence-corrected chi connectivity index (χ0v) is 14.2. The lowest BCUT2D eigenvalue weighted by Crippen LogP contribution is -2.13. The molecule has 2 N–H and O–H groups in total. The highest BCUT2D eigenvalue weighted by molar-refractivity contribution is 7.92. The van der Waals surface area contributed by atoms with Crippen LogP contribution in [0.25, 0.3) is 0 Å². The second-order valence-corrected chi connectivity index (χ2v) is 7.16. The summed E-state index contributed by atoms with van der Waals surface area (Å²) in [5.74, 6) is 0. The van der Waals surface area contributed by atoms with E-state index < -0.39 is 10.0 Å². The second kappa shape index (κ2) is 6.95. The van der Waals surface area contributed by atoms with Gasteiger partial charge in [0.1, 0.15) is 4.90 Å². The predicted octanol–water partition coefficient (Wildman–Crippen LogP) is 4.88. The highest BCUT2D eigenvalue weighted by Crippen LogP contribution is 2.24. The van der Waals surface area contributed by atoms with Crippen LogP contribution in [0, 0.1) is 0 Å². The molecule has 0 unspecified atom stereocenters. The van der Waals surface area contributed by atoms with Crippen molar-refractivity contribution in [3.63, 3.8) is 0 Å². The quantitative estimate of drug-likeness (QED) is 0.683. The monoisotopic (exact) mass is 358 g/mol. The van der Waals surface area contributed by atoms with E-state index in [9.17, 15) is 8.42 Å². The standard InChI is InChI=1S/C18H15ClN2O2S/c19-17-8-4-5-9-18(17)24(22,23)21-16-12-10-15(11-13-16)20-14-6-2-1-3-7-14/h1-13,20-21H. The van der Waals surface area contributed by atoms with Gasteiger partial charge in [-0.15, -0.1) is 0 Å². The molecule has 0 saturated heterocycles. The van der Waals surface area contributed by atoms with Gasteiger partial charge in [0.15, 0.2) is 0 Å². The number of nitrogens with one attached hydrogen (secondary N) is 2. The Bertz CT molecular complexity index is 927. The van der Waals surface area contributed by atoms with Crippen LogP contribution in [-0.4, -0.2) is 8.42 Å². The molecule has 0 bridgehead atoms. The number of para-hydroxylation sites is 1. The van der Waals surface area contributed by atoms with Gasteiger partial charge in [-0.25, -0.2) is 8.42 Å². The minimum atomic E-state index is -3.72. The van der Waals surface area contributed by atoms with Crippen LogP contribution in [0.2, 0.25) is 5.02 Å². The van der Waals surface area contributed by atoms with E-state index in [4.69, 9.17) is 11.6 Å². The molecule has 0 atom stereocenters. The number of sulfonamides is 1. The summed E-state index contributed by atoms with van der Waals surface area (Å²) in [6, 6.07) is 23.1. The largest absolute Gasteiger partial charge is 0.356 e. The first-order valence-corrected chi connectivity index (χ1v) is 9.10. The average Bonchev–Trinajstić information content (AvgIpc) is 2.58. The molecule has 3 rings (SSSR count). The number of hydrogen-bond acceptors (Lipinski definition) is 3. The Morgan fingerprint density at radius 2 is 1.21 bits per heavy atom. The first kappa shape index (κ1) is 16.4. The van der Waals surface area contributed by atoms with Gasteiger partial charge in [0.25, 0.3) is 10.0 Å². The third-order valence-electron chi connectivity index (χ3n) is 3.33. The molecule has 3 aromatic carbocycles. The molecule has 0 radical (unpaired) electrons. The normalized spacial score (nSPS) is 11.0. The van der Waals surface area contributed by atoms with Crippen molar-refractivity contribution in [3.8, 4) is 0 Å². The highest BCUT2D eigenvalue weighted by atomic mass is 35.5. The Morgan fingerprint density at radius 1 is 0.667 bits per heavy atom. The van der Waals surface area contributed by atoms with Crippen molar-refractivity contribution in [2.75, 3.05) is 10.0 Å². The SMILES string of the molecule is O=S(=O)(Nc1ccc(Nc2ccccc2)cc1)c1ccccc1Cl. The number of anilines is 3. The maximum atomic E-state index is 12.4. The van der Waals surface area contributed by atoms with Gasteiger partial charge in [-0.3, -0.25) is 4.72 Å². The molecule has 0 aliphatic carbocycles. The van der Waals surface area contributed by atoms with Gasteiger partial charge < -0.3 is 5.32 Å². The Morgan fingerprint density at radius 3 is 1.88 bits per heavy atom. The maximum absolute atomic E-state index is 12.4. The summed E-state index contributed by atoms with van der Waals surface area (Å²) in [6.07, 6.45) is 0. The minimum absolute atomic E-state index is 0.0538. The van der Waals surface area contributed by atoms with E-state index in [0.29, 0.717) is 5.69 Å². The molecule has 0 heterocycles. The summed E-state index contributed by atoms with van der Waals surface area (Å²) >= 11 is 5.96. The van der Waals surface area contributed by atoms with E-state index in [1.54, 1.807) is 42.5 Å². The molecule has 122 valence electrons. The lowest BCUT2D eigenvalue weighted by Gasteiger charge is -2.11. The number of rotatable bonds is 5. The second-order valence-electron chi connectivity index (χ2n) is 5.10. The zero-order chi connectivity index (χ0) is 17.0. The van der Waals surface area contributed by atoms with Crippen molar-refractivity contribution >= 4 is 38.7 Å². The lowest BCUT2D eigenvalue weighted by atomic mass is 10.2. The summed E-state index contributed by atoms with van der Waals surface area (Å²) < 4.78 is 27.3. The Kier molecular flexibility index (Phi) is 4.74. The van der Waals surface area contributed by atoms with Crippen LogP contribution in [0.5, 0.6) is 0 Å². The predicted molar refractivity (Wildman–Crippen MR) is 98.4 cm³/mol. The van der Waals surface area contributed by atoms with Crippen molar-refractivity contribution in [1.82, 2.24) is 0 Å². The van der Waals surface area contributed by atoms with Gasteiger partial charge in [-0.05, 0) is 48.5 Å². The molecule has 0 amide bonds. The summed E-state index contributed by atoms with van der Waals surface area (Å²) in [6.45, 7) is 0. The fourth-order valence-corrected chi connectivity index (χ4v) is 3.76. The van der Waals surface area contributed by atoms with Gasteiger partial charge in [0.2, 0.25) is 0 Å². The molecule has 0 spiro atoms. The van der Waals surface area contributed by atoms with Crippen LogP contribution in [0.3, 0.4) is 0 Å². The van der Waals surface area contributed by atoms with Crippen LogP contribution in [0.4, 0.5) is 17.1 Å². The Balaban J connectivity index is 1.76. The van der Waals surface area contributed by atoms with Crippen LogP contribution in [-0.2, 0) is 10.0 Å². The minimum Gasteiger partial charge on any atom is -0.356 e. The molecule has 24 heavy (non-hydrogen) atoms. The molecule has 0 saturated carbocycles. The fraction of sp³-hybridized carbons (Fsp3) is 0. The summed E-state index contributed by atoms with van der Waals surface area (Å²) in [4.78, 5) is 0.0538. The van der Waals surface area contributed by atoms with Crippen molar-refractivity contribution < 1.29 is 8.42 Å². The molecule has 0 aromatic heterocycles. The first-order chi connectivity index (χ1) is 11.5. The summed E-state index contributed by atoms with van der Waals surface area (Å²) in [5, 5.41) is 3.42. The van der Waals surface area contributed by atoms with E-state index in [1.165, 1.54) is 6.07 Å². The van der Waals surface area contributed by atoms with Crippen LogP contribution in [0.15, 0.2) is 83.8 Å². The van der Waals surface area contributed by atoms with Crippen molar-refractivity contribution in [2.45, 2.75) is 4.90 Å². The van der Waals surface area contributed by atoms with Gasteiger partial charge >= 0.3 is 0 Å². The van der Waals surface area contributed by atoms with E-state index >= 15 is 0 Å². The molecule has 0 aliphatic heterocycles. The number of halogens is 1. The third-order valence-corrected chi connectivity index (χ3v) is 5.21. The van der Waals surface area contributed by atoms with Crippen molar-refractivity contribution in [1.29, 1.82) is 0 Å². The van der Waals surface area contributed by atoms with Gasteiger partial charge in [0.05, 0.1) is 5.02 Å². The van der Waals surface area contributed by atoms with Crippen molar-refractivity contribution in [3.05, 3.63) is 83.9 Å². The van der Waals surface area contributed by atoms with E-state index in [2.05, 4.69) is 10.0 Å².